The normalized spacial score (nSPS) is 13.7. The topological polar surface area (TPSA) is 45.1 Å². The molecular formula is C18H17ClN2OS. The van der Waals surface area contributed by atoms with Gasteiger partial charge in [0.2, 0.25) is 0 Å². The number of aromatic nitrogens is 1. The van der Waals surface area contributed by atoms with Crippen LogP contribution in [0.1, 0.15) is 28.3 Å². The third-order valence-corrected chi connectivity index (χ3v) is 4.89. The van der Waals surface area contributed by atoms with E-state index in [1.54, 1.807) is 12.3 Å². The predicted molar refractivity (Wildman–Crippen MR) is 94.8 cm³/mol. The highest BCUT2D eigenvalue weighted by molar-refractivity contribution is 7.16. The fourth-order valence-corrected chi connectivity index (χ4v) is 3.47. The lowest BCUT2D eigenvalue weighted by Crippen LogP contribution is -2.27. The first-order valence-corrected chi connectivity index (χ1v) is 8.56. The molecule has 118 valence electrons. The van der Waals surface area contributed by atoms with E-state index in [0.717, 1.165) is 16.1 Å². The molecule has 3 rings (SSSR count). The molecule has 23 heavy (non-hydrogen) atoms. The van der Waals surface area contributed by atoms with Gasteiger partial charge in [-0.1, -0.05) is 48.0 Å². The summed E-state index contributed by atoms with van der Waals surface area (Å²) in [7, 11) is 0. The van der Waals surface area contributed by atoms with E-state index in [-0.39, 0.29) is 6.04 Å². The van der Waals surface area contributed by atoms with Gasteiger partial charge in [-0.3, -0.25) is 4.98 Å². The molecule has 0 amide bonds. The van der Waals surface area contributed by atoms with Gasteiger partial charge in [0.1, 0.15) is 6.10 Å². The maximum Gasteiger partial charge on any atom is 0.101 e. The first-order valence-electron chi connectivity index (χ1n) is 7.36. The van der Waals surface area contributed by atoms with Crippen molar-refractivity contribution in [2.45, 2.75) is 12.1 Å². The van der Waals surface area contributed by atoms with E-state index in [0.29, 0.717) is 10.9 Å². The number of rotatable bonds is 6. The molecule has 1 aromatic carbocycles. The Bertz CT molecular complexity index is 694. The van der Waals surface area contributed by atoms with Gasteiger partial charge in [0.15, 0.2) is 0 Å². The molecule has 0 saturated heterocycles. The van der Waals surface area contributed by atoms with Crippen molar-refractivity contribution in [3.05, 3.63) is 87.3 Å². The Kier molecular flexibility index (Phi) is 5.41. The van der Waals surface area contributed by atoms with E-state index < -0.39 is 6.10 Å². The van der Waals surface area contributed by atoms with E-state index in [1.807, 2.05) is 42.5 Å². The minimum atomic E-state index is -0.595. The second-order valence-corrected chi connectivity index (χ2v) is 6.91. The highest BCUT2D eigenvalue weighted by Crippen LogP contribution is 2.27. The fraction of sp³-hybridized carbons (Fsp3) is 0.167. The zero-order valence-electron chi connectivity index (χ0n) is 12.4. The molecule has 2 unspecified atom stereocenters. The van der Waals surface area contributed by atoms with Crippen molar-refractivity contribution in [3.63, 3.8) is 0 Å². The lowest BCUT2D eigenvalue weighted by Gasteiger charge is -2.20. The van der Waals surface area contributed by atoms with E-state index in [4.69, 9.17) is 11.6 Å². The average molecular weight is 345 g/mol. The van der Waals surface area contributed by atoms with Crippen LogP contribution in [0.5, 0.6) is 0 Å². The first kappa shape index (κ1) is 16.1. The number of aliphatic hydroxyl groups excluding tert-OH is 1. The Morgan fingerprint density at radius 2 is 1.83 bits per heavy atom. The molecule has 5 heteroatoms. The van der Waals surface area contributed by atoms with Crippen LogP contribution in [0.3, 0.4) is 0 Å². The van der Waals surface area contributed by atoms with Crippen LogP contribution in [-0.2, 0) is 0 Å². The Balaban J connectivity index is 1.77. The first-order chi connectivity index (χ1) is 11.2. The molecule has 0 aliphatic carbocycles. The zero-order valence-corrected chi connectivity index (χ0v) is 14.0. The zero-order chi connectivity index (χ0) is 16.1. The average Bonchev–Trinajstić information content (AvgIpc) is 3.03. The molecule has 0 spiro atoms. The van der Waals surface area contributed by atoms with Crippen LogP contribution in [0.15, 0.2) is 66.9 Å². The Labute approximate surface area is 144 Å². The van der Waals surface area contributed by atoms with Gasteiger partial charge in [0.05, 0.1) is 16.1 Å². The highest BCUT2D eigenvalue weighted by Gasteiger charge is 2.17. The van der Waals surface area contributed by atoms with Crippen LogP contribution >= 0.6 is 22.9 Å². The van der Waals surface area contributed by atoms with Crippen molar-refractivity contribution in [2.75, 3.05) is 6.54 Å². The third kappa shape index (κ3) is 4.18. The summed E-state index contributed by atoms with van der Waals surface area (Å²) in [6.45, 7) is 0.424. The number of benzene rings is 1. The lowest BCUT2D eigenvalue weighted by molar-refractivity contribution is 0.175. The molecule has 2 N–H and O–H groups in total. The summed E-state index contributed by atoms with van der Waals surface area (Å²) >= 11 is 7.33. The lowest BCUT2D eigenvalue weighted by atomic mass is 10.0. The largest absolute Gasteiger partial charge is 0.386 e. The Morgan fingerprint density at radius 1 is 1.04 bits per heavy atom. The van der Waals surface area contributed by atoms with Gasteiger partial charge in [0, 0.05) is 17.6 Å². The number of pyridine rings is 1. The van der Waals surface area contributed by atoms with E-state index >= 15 is 0 Å². The number of aliphatic hydroxyl groups is 1. The maximum absolute atomic E-state index is 10.3. The third-order valence-electron chi connectivity index (χ3n) is 3.55. The molecule has 0 saturated carbocycles. The predicted octanol–water partition coefficient (Wildman–Crippen LogP) is 4.21. The Morgan fingerprint density at radius 3 is 2.48 bits per heavy atom. The monoisotopic (exact) mass is 344 g/mol. The smallest absolute Gasteiger partial charge is 0.101 e. The summed E-state index contributed by atoms with van der Waals surface area (Å²) in [4.78, 5) is 5.30. The summed E-state index contributed by atoms with van der Waals surface area (Å²) in [5, 5.41) is 13.8. The van der Waals surface area contributed by atoms with Gasteiger partial charge in [0.25, 0.3) is 0 Å². The molecule has 0 aliphatic rings. The second-order valence-electron chi connectivity index (χ2n) is 5.16. The quantitative estimate of drug-likeness (QED) is 0.704. The van der Waals surface area contributed by atoms with Gasteiger partial charge in [-0.05, 0) is 29.8 Å². The van der Waals surface area contributed by atoms with Crippen LogP contribution in [0.4, 0.5) is 0 Å². The number of nitrogens with one attached hydrogen (secondary N) is 1. The standard InChI is InChI=1S/C18H17ClN2OS/c19-17-10-9-16(23-17)15(22)12-21-18(13-6-2-1-3-7-13)14-8-4-5-11-20-14/h1-11,15,18,21-22H,12H2. The molecule has 0 fully saturated rings. The summed E-state index contributed by atoms with van der Waals surface area (Å²) < 4.78 is 0.684. The van der Waals surface area contributed by atoms with Gasteiger partial charge < -0.3 is 10.4 Å². The van der Waals surface area contributed by atoms with Crippen molar-refractivity contribution in [2.24, 2.45) is 0 Å². The molecular weight excluding hydrogens is 328 g/mol. The molecule has 3 aromatic rings. The molecule has 2 aromatic heterocycles. The highest BCUT2D eigenvalue weighted by atomic mass is 35.5. The van der Waals surface area contributed by atoms with Crippen LogP contribution < -0.4 is 5.32 Å². The summed E-state index contributed by atoms with van der Waals surface area (Å²) in [5.74, 6) is 0. The molecule has 0 aliphatic heterocycles. The summed E-state index contributed by atoms with van der Waals surface area (Å²) in [6.07, 6.45) is 1.19. The van der Waals surface area contributed by atoms with E-state index in [1.165, 1.54) is 11.3 Å². The number of hydrogen-bond donors (Lipinski definition) is 2. The molecule has 3 nitrogen and oxygen atoms in total. The minimum Gasteiger partial charge on any atom is -0.386 e. The van der Waals surface area contributed by atoms with Crippen molar-refractivity contribution in [1.29, 1.82) is 0 Å². The van der Waals surface area contributed by atoms with Gasteiger partial charge in [-0.2, -0.15) is 0 Å². The maximum atomic E-state index is 10.3. The fourth-order valence-electron chi connectivity index (χ4n) is 2.42. The molecule has 0 bridgehead atoms. The van der Waals surface area contributed by atoms with Crippen LogP contribution in [0, 0.1) is 0 Å². The van der Waals surface area contributed by atoms with Gasteiger partial charge >= 0.3 is 0 Å². The van der Waals surface area contributed by atoms with Crippen LogP contribution in [0.25, 0.3) is 0 Å². The van der Waals surface area contributed by atoms with Crippen LogP contribution in [-0.4, -0.2) is 16.6 Å². The SMILES string of the molecule is OC(CNC(c1ccccc1)c1ccccn1)c1ccc(Cl)s1. The van der Waals surface area contributed by atoms with E-state index in [9.17, 15) is 5.11 Å². The summed E-state index contributed by atoms with van der Waals surface area (Å²) in [5.41, 5.74) is 2.04. The molecule has 0 radical (unpaired) electrons. The number of hydrogen-bond acceptors (Lipinski definition) is 4. The van der Waals surface area contributed by atoms with Crippen molar-refractivity contribution in [3.8, 4) is 0 Å². The van der Waals surface area contributed by atoms with Crippen molar-refractivity contribution in [1.82, 2.24) is 10.3 Å². The summed E-state index contributed by atoms with van der Waals surface area (Å²) in [6, 6.07) is 19.6. The minimum absolute atomic E-state index is 0.0671. The van der Waals surface area contributed by atoms with Crippen molar-refractivity contribution >= 4 is 22.9 Å². The number of halogens is 1. The van der Waals surface area contributed by atoms with Gasteiger partial charge in [-0.15, -0.1) is 11.3 Å². The number of thiophene rings is 1. The Hall–Kier alpha value is -1.72. The second kappa shape index (κ2) is 7.70. The van der Waals surface area contributed by atoms with Gasteiger partial charge in [-0.25, -0.2) is 0 Å². The van der Waals surface area contributed by atoms with Crippen molar-refractivity contribution < 1.29 is 5.11 Å². The van der Waals surface area contributed by atoms with E-state index in [2.05, 4.69) is 22.4 Å². The molecule has 2 heterocycles. The van der Waals surface area contributed by atoms with Crippen LogP contribution in [0.2, 0.25) is 4.34 Å². The molecule has 2 atom stereocenters. The number of nitrogens with zero attached hydrogens (tertiary/aromatic N) is 1.